The minimum absolute atomic E-state index is 0.285. The Hall–Kier alpha value is -1.26. The summed E-state index contributed by atoms with van der Waals surface area (Å²) in [5.74, 6) is -0.285. The van der Waals surface area contributed by atoms with E-state index in [4.69, 9.17) is 9.47 Å². The number of methoxy groups -OCH3 is 2. The molecule has 0 amide bonds. The molecule has 3 nitrogen and oxygen atoms in total. The van der Waals surface area contributed by atoms with Crippen molar-refractivity contribution in [3.63, 3.8) is 0 Å². The second-order valence-electron chi connectivity index (χ2n) is 2.92. The highest BCUT2D eigenvalue weighted by molar-refractivity contribution is 5.79. The summed E-state index contributed by atoms with van der Waals surface area (Å²) in [6.07, 6.45) is 1.09. The predicted octanol–water partition coefficient (Wildman–Crippen LogP) is 1.86. The largest absolute Gasteiger partial charge is 0.354 e. The van der Waals surface area contributed by atoms with Crippen LogP contribution in [0.1, 0.15) is 5.56 Å². The summed E-state index contributed by atoms with van der Waals surface area (Å²) < 4.78 is 23.0. The summed E-state index contributed by atoms with van der Waals surface area (Å²) in [6, 6.07) is 6.45. The van der Waals surface area contributed by atoms with Crippen LogP contribution in [0.3, 0.4) is 0 Å². The van der Waals surface area contributed by atoms with E-state index in [-0.39, 0.29) is 12.1 Å². The summed E-state index contributed by atoms with van der Waals surface area (Å²) in [6.45, 7) is 0.349. The fourth-order valence-electron chi connectivity index (χ4n) is 1.06. The van der Waals surface area contributed by atoms with Crippen LogP contribution in [0.4, 0.5) is 4.39 Å². The molecule has 0 aliphatic rings. The molecule has 15 heavy (non-hydrogen) atoms. The molecule has 0 fully saturated rings. The minimum atomic E-state index is -0.381. The van der Waals surface area contributed by atoms with Gasteiger partial charge in [-0.2, -0.15) is 0 Å². The van der Waals surface area contributed by atoms with Gasteiger partial charge in [0, 0.05) is 26.0 Å². The first kappa shape index (κ1) is 11.8. The molecule has 0 saturated heterocycles. The second-order valence-corrected chi connectivity index (χ2v) is 2.92. The Labute approximate surface area is 88.5 Å². The molecule has 0 atom stereocenters. The Morgan fingerprint density at radius 3 is 2.60 bits per heavy atom. The maximum atomic E-state index is 13.1. The SMILES string of the molecule is COC(CN=Cc1ccccc1F)OC. The summed E-state index contributed by atoms with van der Waals surface area (Å²) in [5, 5.41) is 0. The zero-order chi connectivity index (χ0) is 11.1. The normalized spacial score (nSPS) is 11.5. The lowest BCUT2D eigenvalue weighted by Gasteiger charge is -2.09. The van der Waals surface area contributed by atoms with Crippen molar-refractivity contribution in [3.8, 4) is 0 Å². The van der Waals surface area contributed by atoms with Gasteiger partial charge >= 0.3 is 0 Å². The average Bonchev–Trinajstić information content (AvgIpc) is 2.27. The number of rotatable bonds is 5. The molecule has 0 aromatic heterocycles. The first-order chi connectivity index (χ1) is 7.27. The summed E-state index contributed by atoms with van der Waals surface area (Å²) in [4.78, 5) is 4.03. The lowest BCUT2D eigenvalue weighted by molar-refractivity contribution is -0.0936. The summed E-state index contributed by atoms with van der Waals surface area (Å²) in [5.41, 5.74) is 0.462. The van der Waals surface area contributed by atoms with Crippen LogP contribution in [0.15, 0.2) is 29.3 Å². The first-order valence-electron chi connectivity index (χ1n) is 4.58. The van der Waals surface area contributed by atoms with Gasteiger partial charge in [0.15, 0.2) is 6.29 Å². The van der Waals surface area contributed by atoms with Crippen molar-refractivity contribution in [3.05, 3.63) is 35.6 Å². The first-order valence-corrected chi connectivity index (χ1v) is 4.58. The molecule has 0 saturated carbocycles. The molecule has 0 heterocycles. The average molecular weight is 211 g/mol. The number of halogens is 1. The molecule has 0 unspecified atom stereocenters. The second kappa shape index (κ2) is 6.27. The molecule has 0 aliphatic carbocycles. The van der Waals surface area contributed by atoms with Crippen molar-refractivity contribution in [2.24, 2.45) is 4.99 Å². The molecule has 1 rings (SSSR count). The van der Waals surface area contributed by atoms with Crippen LogP contribution in [0.25, 0.3) is 0 Å². The molecular formula is C11H14FNO2. The molecule has 1 aromatic carbocycles. The number of aliphatic imine (C=N–C) groups is 1. The van der Waals surface area contributed by atoms with E-state index in [2.05, 4.69) is 4.99 Å². The Morgan fingerprint density at radius 2 is 2.00 bits per heavy atom. The van der Waals surface area contributed by atoms with Gasteiger partial charge in [0.1, 0.15) is 5.82 Å². The molecule has 4 heteroatoms. The number of hydrogen-bond donors (Lipinski definition) is 0. The van der Waals surface area contributed by atoms with Crippen LogP contribution in [-0.4, -0.2) is 33.3 Å². The Morgan fingerprint density at radius 1 is 1.33 bits per heavy atom. The zero-order valence-corrected chi connectivity index (χ0v) is 8.81. The maximum Gasteiger partial charge on any atom is 0.176 e. The number of nitrogens with zero attached hydrogens (tertiary/aromatic N) is 1. The number of benzene rings is 1. The van der Waals surface area contributed by atoms with Crippen LogP contribution >= 0.6 is 0 Å². The predicted molar refractivity (Wildman–Crippen MR) is 56.7 cm³/mol. The van der Waals surface area contributed by atoms with Crippen molar-refractivity contribution in [2.45, 2.75) is 6.29 Å². The third-order valence-corrected chi connectivity index (χ3v) is 1.92. The van der Waals surface area contributed by atoms with E-state index in [1.54, 1.807) is 18.2 Å². The van der Waals surface area contributed by atoms with Crippen LogP contribution in [0.5, 0.6) is 0 Å². The van der Waals surface area contributed by atoms with E-state index in [0.717, 1.165) is 0 Å². The topological polar surface area (TPSA) is 30.8 Å². The zero-order valence-electron chi connectivity index (χ0n) is 8.81. The Bertz CT molecular complexity index is 324. The Kier molecular flexibility index (Phi) is 4.93. The van der Waals surface area contributed by atoms with E-state index in [9.17, 15) is 4.39 Å². The smallest absolute Gasteiger partial charge is 0.176 e. The van der Waals surface area contributed by atoms with E-state index >= 15 is 0 Å². The number of ether oxygens (including phenoxy) is 2. The highest BCUT2D eigenvalue weighted by atomic mass is 19.1. The fourth-order valence-corrected chi connectivity index (χ4v) is 1.06. The van der Waals surface area contributed by atoms with Gasteiger partial charge in [0.05, 0.1) is 6.54 Å². The van der Waals surface area contributed by atoms with Crippen LogP contribution in [0.2, 0.25) is 0 Å². The fraction of sp³-hybridized carbons (Fsp3) is 0.364. The lowest BCUT2D eigenvalue weighted by Crippen LogP contribution is -2.16. The van der Waals surface area contributed by atoms with E-state index in [1.165, 1.54) is 26.5 Å². The standard InChI is InChI=1S/C11H14FNO2/c1-14-11(15-2)8-13-7-9-5-3-4-6-10(9)12/h3-7,11H,8H2,1-2H3. The van der Waals surface area contributed by atoms with Gasteiger partial charge in [0.2, 0.25) is 0 Å². The molecule has 82 valence electrons. The molecule has 0 radical (unpaired) electrons. The molecule has 0 N–H and O–H groups in total. The van der Waals surface area contributed by atoms with Crippen molar-refractivity contribution in [1.82, 2.24) is 0 Å². The minimum Gasteiger partial charge on any atom is -0.354 e. The summed E-state index contributed by atoms with van der Waals surface area (Å²) in [7, 11) is 3.07. The number of hydrogen-bond acceptors (Lipinski definition) is 3. The van der Waals surface area contributed by atoms with Gasteiger partial charge in [-0.3, -0.25) is 4.99 Å². The maximum absolute atomic E-state index is 13.1. The van der Waals surface area contributed by atoms with Gasteiger partial charge < -0.3 is 9.47 Å². The molecule has 0 bridgehead atoms. The quantitative estimate of drug-likeness (QED) is 0.550. The van der Waals surface area contributed by atoms with Crippen molar-refractivity contribution < 1.29 is 13.9 Å². The van der Waals surface area contributed by atoms with Crippen LogP contribution < -0.4 is 0 Å². The molecular weight excluding hydrogens is 197 g/mol. The van der Waals surface area contributed by atoms with Crippen molar-refractivity contribution in [1.29, 1.82) is 0 Å². The van der Waals surface area contributed by atoms with E-state index in [0.29, 0.717) is 12.1 Å². The highest BCUT2D eigenvalue weighted by Crippen LogP contribution is 2.03. The third kappa shape index (κ3) is 3.77. The van der Waals surface area contributed by atoms with Crippen LogP contribution in [0, 0.1) is 5.82 Å². The Balaban J connectivity index is 2.54. The monoisotopic (exact) mass is 211 g/mol. The van der Waals surface area contributed by atoms with E-state index < -0.39 is 0 Å². The van der Waals surface area contributed by atoms with Crippen LogP contribution in [-0.2, 0) is 9.47 Å². The van der Waals surface area contributed by atoms with Gasteiger partial charge in [-0.1, -0.05) is 18.2 Å². The van der Waals surface area contributed by atoms with Gasteiger partial charge in [-0.15, -0.1) is 0 Å². The van der Waals surface area contributed by atoms with Crippen molar-refractivity contribution >= 4 is 6.21 Å². The van der Waals surface area contributed by atoms with Gasteiger partial charge in [0.25, 0.3) is 0 Å². The summed E-state index contributed by atoms with van der Waals surface area (Å²) >= 11 is 0. The van der Waals surface area contributed by atoms with Crippen molar-refractivity contribution in [2.75, 3.05) is 20.8 Å². The molecule has 1 aromatic rings. The molecule has 0 aliphatic heterocycles. The van der Waals surface area contributed by atoms with Gasteiger partial charge in [-0.25, -0.2) is 4.39 Å². The van der Waals surface area contributed by atoms with E-state index in [1.807, 2.05) is 0 Å². The molecule has 0 spiro atoms. The lowest BCUT2D eigenvalue weighted by atomic mass is 10.2. The third-order valence-electron chi connectivity index (χ3n) is 1.92. The van der Waals surface area contributed by atoms with Gasteiger partial charge in [-0.05, 0) is 6.07 Å². The highest BCUT2D eigenvalue weighted by Gasteiger charge is 2.02.